The van der Waals surface area contributed by atoms with Gasteiger partial charge in [0.25, 0.3) is 0 Å². The highest BCUT2D eigenvalue weighted by atomic mass is 16.1. The van der Waals surface area contributed by atoms with E-state index in [9.17, 15) is 4.79 Å². The normalized spacial score (nSPS) is 11.9. The summed E-state index contributed by atoms with van der Waals surface area (Å²) in [7, 11) is 0. The molecule has 0 saturated heterocycles. The van der Waals surface area contributed by atoms with Crippen molar-refractivity contribution in [2.45, 2.75) is 45.6 Å². The van der Waals surface area contributed by atoms with Crippen LogP contribution in [-0.2, 0) is 11.2 Å². The van der Waals surface area contributed by atoms with Crippen LogP contribution in [0, 0.1) is 6.92 Å². The molecule has 3 rings (SSSR count). The van der Waals surface area contributed by atoms with Gasteiger partial charge in [0.2, 0.25) is 5.91 Å². The van der Waals surface area contributed by atoms with Crippen LogP contribution in [0.2, 0.25) is 0 Å². The second-order valence-corrected chi connectivity index (χ2v) is 6.91. The van der Waals surface area contributed by atoms with Crippen molar-refractivity contribution in [3.63, 3.8) is 0 Å². The van der Waals surface area contributed by atoms with Crippen LogP contribution >= 0.6 is 0 Å². The molecule has 1 amide bonds. The Hall–Kier alpha value is -2.88. The van der Waals surface area contributed by atoms with Crippen LogP contribution < -0.4 is 5.32 Å². The van der Waals surface area contributed by atoms with Crippen LogP contribution in [0.5, 0.6) is 0 Å². The molecule has 1 aromatic heterocycles. The molecule has 0 saturated carbocycles. The minimum absolute atomic E-state index is 0.0518. The number of nitrogens with one attached hydrogen (secondary N) is 1. The zero-order valence-electron chi connectivity index (χ0n) is 16.1. The standard InChI is InChI=1S/C23H27N3O/c1-18(22-17-24-26(19(22)2)21-14-7-4-8-15-21)25-23(27)16-10-9-13-20-11-5-3-6-12-20/h3-8,11-12,14-15,17-18H,9-10,13,16H2,1-2H3,(H,25,27)/t18-/m0/s1. The maximum absolute atomic E-state index is 12.3. The van der Waals surface area contributed by atoms with Crippen molar-refractivity contribution in [3.05, 3.63) is 83.7 Å². The molecule has 2 aromatic carbocycles. The maximum atomic E-state index is 12.3. The van der Waals surface area contributed by atoms with Crippen LogP contribution in [0.15, 0.2) is 66.9 Å². The Morgan fingerprint density at radius 3 is 2.41 bits per heavy atom. The topological polar surface area (TPSA) is 46.9 Å². The highest BCUT2D eigenvalue weighted by Gasteiger charge is 2.16. The Balaban J connectivity index is 1.49. The summed E-state index contributed by atoms with van der Waals surface area (Å²) >= 11 is 0. The van der Waals surface area contributed by atoms with E-state index >= 15 is 0 Å². The lowest BCUT2D eigenvalue weighted by Crippen LogP contribution is -2.26. The summed E-state index contributed by atoms with van der Waals surface area (Å²) in [5, 5.41) is 7.60. The Morgan fingerprint density at radius 2 is 1.70 bits per heavy atom. The zero-order valence-corrected chi connectivity index (χ0v) is 16.1. The first-order chi connectivity index (χ1) is 13.1. The molecule has 0 aliphatic heterocycles. The van der Waals surface area contributed by atoms with E-state index in [-0.39, 0.29) is 11.9 Å². The van der Waals surface area contributed by atoms with Crippen molar-refractivity contribution in [1.82, 2.24) is 15.1 Å². The number of unbranched alkanes of at least 4 members (excludes halogenated alkanes) is 1. The lowest BCUT2D eigenvalue weighted by Gasteiger charge is -2.14. The second-order valence-electron chi connectivity index (χ2n) is 6.91. The third-order valence-corrected chi connectivity index (χ3v) is 4.85. The third-order valence-electron chi connectivity index (χ3n) is 4.85. The Bertz CT molecular complexity index is 856. The quantitative estimate of drug-likeness (QED) is 0.587. The number of carbonyl (C=O) groups is 1. The van der Waals surface area contributed by atoms with Crippen molar-refractivity contribution < 1.29 is 4.79 Å². The number of hydrogen-bond donors (Lipinski definition) is 1. The summed E-state index contributed by atoms with van der Waals surface area (Å²) in [5.74, 6) is 0.0995. The fraction of sp³-hybridized carbons (Fsp3) is 0.304. The molecule has 0 aliphatic rings. The SMILES string of the molecule is Cc1c([C@H](C)NC(=O)CCCCc2ccccc2)cnn1-c1ccccc1. The second kappa shape index (κ2) is 9.17. The third kappa shape index (κ3) is 5.07. The van der Waals surface area contributed by atoms with E-state index in [0.29, 0.717) is 6.42 Å². The van der Waals surface area contributed by atoms with Crippen molar-refractivity contribution in [3.8, 4) is 5.69 Å². The summed E-state index contributed by atoms with van der Waals surface area (Å²) in [6.07, 6.45) is 5.35. The Morgan fingerprint density at radius 1 is 1.04 bits per heavy atom. The van der Waals surface area contributed by atoms with Crippen LogP contribution in [-0.4, -0.2) is 15.7 Å². The zero-order chi connectivity index (χ0) is 19.1. The molecule has 4 nitrogen and oxygen atoms in total. The summed E-state index contributed by atoms with van der Waals surface area (Å²) in [6.45, 7) is 4.05. The van der Waals surface area contributed by atoms with Gasteiger partial charge in [-0.1, -0.05) is 48.5 Å². The molecule has 0 fully saturated rings. The molecular formula is C23H27N3O. The number of carbonyl (C=O) groups excluding carboxylic acids is 1. The van der Waals surface area contributed by atoms with E-state index in [1.165, 1.54) is 5.56 Å². The number of aryl methyl sites for hydroxylation is 1. The first-order valence-electron chi connectivity index (χ1n) is 9.58. The van der Waals surface area contributed by atoms with Crippen LogP contribution in [0.4, 0.5) is 0 Å². The van der Waals surface area contributed by atoms with Crippen molar-refractivity contribution in [2.24, 2.45) is 0 Å². The van der Waals surface area contributed by atoms with E-state index in [1.807, 2.05) is 61.1 Å². The number of nitrogens with zero attached hydrogens (tertiary/aromatic N) is 2. The molecule has 0 aliphatic carbocycles. The molecule has 4 heteroatoms. The number of hydrogen-bond acceptors (Lipinski definition) is 2. The average molecular weight is 361 g/mol. The predicted molar refractivity (Wildman–Crippen MR) is 109 cm³/mol. The molecule has 140 valence electrons. The average Bonchev–Trinajstić information content (AvgIpc) is 3.08. The Kier molecular flexibility index (Phi) is 6.42. The van der Waals surface area contributed by atoms with Gasteiger partial charge in [-0.05, 0) is 50.8 Å². The molecule has 3 aromatic rings. The van der Waals surface area contributed by atoms with E-state index in [1.54, 1.807) is 0 Å². The predicted octanol–water partition coefficient (Wildman–Crippen LogP) is 4.77. The van der Waals surface area contributed by atoms with Crippen LogP contribution in [0.3, 0.4) is 0 Å². The monoisotopic (exact) mass is 361 g/mol. The Labute approximate surface area is 161 Å². The van der Waals surface area contributed by atoms with E-state index < -0.39 is 0 Å². The van der Waals surface area contributed by atoms with Gasteiger partial charge in [0.15, 0.2) is 0 Å². The van der Waals surface area contributed by atoms with E-state index in [0.717, 1.165) is 36.2 Å². The van der Waals surface area contributed by atoms with Gasteiger partial charge in [0.05, 0.1) is 17.9 Å². The molecule has 0 radical (unpaired) electrons. The minimum atomic E-state index is -0.0518. The number of rotatable bonds is 8. The highest BCUT2D eigenvalue weighted by molar-refractivity contribution is 5.76. The minimum Gasteiger partial charge on any atom is -0.349 e. The van der Waals surface area contributed by atoms with Crippen molar-refractivity contribution >= 4 is 5.91 Å². The molecule has 1 heterocycles. The van der Waals surface area contributed by atoms with E-state index in [2.05, 4.69) is 34.7 Å². The fourth-order valence-electron chi connectivity index (χ4n) is 3.33. The molecule has 27 heavy (non-hydrogen) atoms. The lowest BCUT2D eigenvalue weighted by atomic mass is 10.1. The van der Waals surface area contributed by atoms with E-state index in [4.69, 9.17) is 0 Å². The summed E-state index contributed by atoms with van der Waals surface area (Å²) in [5.41, 5.74) is 4.46. The van der Waals surface area contributed by atoms with Crippen molar-refractivity contribution in [2.75, 3.05) is 0 Å². The van der Waals surface area contributed by atoms with Crippen LogP contribution in [0.1, 0.15) is 49.0 Å². The van der Waals surface area contributed by atoms with Gasteiger partial charge in [-0.15, -0.1) is 0 Å². The summed E-state index contributed by atoms with van der Waals surface area (Å²) in [4.78, 5) is 12.3. The molecule has 0 bridgehead atoms. The number of amides is 1. The van der Waals surface area contributed by atoms with Crippen LogP contribution in [0.25, 0.3) is 5.69 Å². The van der Waals surface area contributed by atoms with Gasteiger partial charge in [0, 0.05) is 17.7 Å². The van der Waals surface area contributed by atoms with Crippen molar-refractivity contribution in [1.29, 1.82) is 0 Å². The molecule has 0 spiro atoms. The van der Waals surface area contributed by atoms with Gasteiger partial charge in [-0.25, -0.2) is 4.68 Å². The fourth-order valence-corrected chi connectivity index (χ4v) is 3.33. The van der Waals surface area contributed by atoms with Gasteiger partial charge < -0.3 is 5.32 Å². The highest BCUT2D eigenvalue weighted by Crippen LogP contribution is 2.20. The molecule has 0 unspecified atom stereocenters. The lowest BCUT2D eigenvalue weighted by molar-refractivity contribution is -0.121. The molecular weight excluding hydrogens is 334 g/mol. The molecule has 1 N–H and O–H groups in total. The number of para-hydroxylation sites is 1. The first kappa shape index (κ1) is 18.9. The molecule has 1 atom stereocenters. The largest absolute Gasteiger partial charge is 0.349 e. The van der Waals surface area contributed by atoms with Gasteiger partial charge in [-0.3, -0.25) is 4.79 Å². The van der Waals surface area contributed by atoms with Gasteiger partial charge >= 0.3 is 0 Å². The number of aromatic nitrogens is 2. The smallest absolute Gasteiger partial charge is 0.220 e. The number of benzene rings is 2. The van der Waals surface area contributed by atoms with Gasteiger partial charge in [0.1, 0.15) is 0 Å². The van der Waals surface area contributed by atoms with Gasteiger partial charge in [-0.2, -0.15) is 5.10 Å². The first-order valence-corrected chi connectivity index (χ1v) is 9.58. The summed E-state index contributed by atoms with van der Waals surface area (Å²) < 4.78 is 1.91. The maximum Gasteiger partial charge on any atom is 0.220 e. The summed E-state index contributed by atoms with van der Waals surface area (Å²) in [6, 6.07) is 20.4.